The molecule has 0 aliphatic carbocycles. The Balaban J connectivity index is 1.67. The molecule has 1 aromatic heterocycles. The molecule has 1 aliphatic rings. The van der Waals surface area contributed by atoms with Gasteiger partial charge in [-0.1, -0.05) is 0 Å². The summed E-state index contributed by atoms with van der Waals surface area (Å²) in [5.41, 5.74) is 1.12. The number of hydrogen-bond acceptors (Lipinski definition) is 4. The molecule has 2 heterocycles. The first-order chi connectivity index (χ1) is 10.5. The van der Waals surface area contributed by atoms with Gasteiger partial charge in [-0.05, 0) is 30.7 Å². The van der Waals surface area contributed by atoms with E-state index < -0.39 is 5.60 Å². The molecule has 6 heteroatoms. The van der Waals surface area contributed by atoms with Crippen LogP contribution in [0.4, 0.5) is 0 Å². The van der Waals surface area contributed by atoms with Gasteiger partial charge in [-0.2, -0.15) is 5.10 Å². The molecule has 1 aromatic carbocycles. The number of carbonyl (C=O) groups is 1. The molecule has 0 saturated carbocycles. The highest BCUT2D eigenvalue weighted by Gasteiger charge is 2.26. The molecule has 0 fully saturated rings. The van der Waals surface area contributed by atoms with Crippen molar-refractivity contribution in [2.75, 3.05) is 13.2 Å². The normalized spacial score (nSPS) is 15.8. The summed E-state index contributed by atoms with van der Waals surface area (Å²) in [6.07, 6.45) is 4.15. The SMILES string of the molecule is Cn1cc(C(C)(O)CNC(=O)c2ccc3c(c2)CCO3)cn1. The first-order valence-corrected chi connectivity index (χ1v) is 7.21. The van der Waals surface area contributed by atoms with Gasteiger partial charge in [0.25, 0.3) is 5.91 Å². The second-order valence-electron chi connectivity index (χ2n) is 5.78. The van der Waals surface area contributed by atoms with Crippen LogP contribution in [0, 0.1) is 0 Å². The number of aryl methyl sites for hydroxylation is 1. The van der Waals surface area contributed by atoms with Crippen LogP contribution in [-0.4, -0.2) is 33.9 Å². The average molecular weight is 301 g/mol. The Labute approximate surface area is 128 Å². The average Bonchev–Trinajstić information content (AvgIpc) is 3.12. The maximum absolute atomic E-state index is 12.2. The van der Waals surface area contributed by atoms with Crippen LogP contribution >= 0.6 is 0 Å². The number of aromatic nitrogens is 2. The van der Waals surface area contributed by atoms with Gasteiger partial charge in [-0.25, -0.2) is 0 Å². The smallest absolute Gasteiger partial charge is 0.251 e. The van der Waals surface area contributed by atoms with E-state index in [0.717, 1.165) is 17.7 Å². The van der Waals surface area contributed by atoms with E-state index in [9.17, 15) is 9.90 Å². The molecular weight excluding hydrogens is 282 g/mol. The Bertz CT molecular complexity index is 706. The van der Waals surface area contributed by atoms with Crippen molar-refractivity contribution in [1.82, 2.24) is 15.1 Å². The van der Waals surface area contributed by atoms with Crippen molar-refractivity contribution in [1.29, 1.82) is 0 Å². The molecule has 3 rings (SSSR count). The second-order valence-corrected chi connectivity index (χ2v) is 5.78. The maximum atomic E-state index is 12.2. The quantitative estimate of drug-likeness (QED) is 0.883. The van der Waals surface area contributed by atoms with E-state index in [1.807, 2.05) is 12.1 Å². The molecule has 2 N–H and O–H groups in total. The first-order valence-electron chi connectivity index (χ1n) is 7.21. The van der Waals surface area contributed by atoms with Gasteiger partial charge in [-0.15, -0.1) is 0 Å². The van der Waals surface area contributed by atoms with Crippen LogP contribution < -0.4 is 10.1 Å². The predicted octanol–water partition coefficient (Wildman–Crippen LogP) is 0.992. The number of fused-ring (bicyclic) bond motifs is 1. The predicted molar refractivity (Wildman–Crippen MR) is 80.8 cm³/mol. The lowest BCUT2D eigenvalue weighted by molar-refractivity contribution is 0.0526. The van der Waals surface area contributed by atoms with Crippen molar-refractivity contribution < 1.29 is 14.6 Å². The first kappa shape index (κ1) is 14.6. The van der Waals surface area contributed by atoms with E-state index in [2.05, 4.69) is 10.4 Å². The topological polar surface area (TPSA) is 76.4 Å². The largest absolute Gasteiger partial charge is 0.493 e. The molecule has 116 valence electrons. The Hall–Kier alpha value is -2.34. The lowest BCUT2D eigenvalue weighted by atomic mass is 9.99. The summed E-state index contributed by atoms with van der Waals surface area (Å²) in [4.78, 5) is 12.2. The monoisotopic (exact) mass is 301 g/mol. The van der Waals surface area contributed by atoms with Crippen LogP contribution in [0.15, 0.2) is 30.6 Å². The van der Waals surface area contributed by atoms with Gasteiger partial charge in [0.1, 0.15) is 11.4 Å². The molecule has 0 spiro atoms. The summed E-state index contributed by atoms with van der Waals surface area (Å²) in [5.74, 6) is 0.637. The van der Waals surface area contributed by atoms with Crippen LogP contribution in [0.3, 0.4) is 0 Å². The van der Waals surface area contributed by atoms with E-state index in [1.54, 1.807) is 37.1 Å². The highest BCUT2D eigenvalue weighted by molar-refractivity contribution is 5.94. The van der Waals surface area contributed by atoms with Crippen LogP contribution in [0.2, 0.25) is 0 Å². The van der Waals surface area contributed by atoms with Crippen LogP contribution in [0.25, 0.3) is 0 Å². The van der Waals surface area contributed by atoms with Crippen molar-refractivity contribution in [3.8, 4) is 5.75 Å². The van der Waals surface area contributed by atoms with Gasteiger partial charge in [0.05, 0.1) is 19.3 Å². The molecule has 0 saturated heterocycles. The number of aliphatic hydroxyl groups is 1. The van der Waals surface area contributed by atoms with Gasteiger partial charge >= 0.3 is 0 Å². The van der Waals surface area contributed by atoms with Gasteiger partial charge < -0.3 is 15.2 Å². The van der Waals surface area contributed by atoms with Crippen LogP contribution in [-0.2, 0) is 19.1 Å². The lowest BCUT2D eigenvalue weighted by Crippen LogP contribution is -2.38. The Morgan fingerprint density at radius 1 is 1.55 bits per heavy atom. The van der Waals surface area contributed by atoms with Gasteiger partial charge in [0.15, 0.2) is 0 Å². The Kier molecular flexibility index (Phi) is 3.62. The molecular formula is C16H19N3O3. The van der Waals surface area contributed by atoms with Crippen molar-refractivity contribution >= 4 is 5.91 Å². The fraction of sp³-hybridized carbons (Fsp3) is 0.375. The van der Waals surface area contributed by atoms with Gasteiger partial charge in [0.2, 0.25) is 0 Å². The van der Waals surface area contributed by atoms with Crippen LogP contribution in [0.1, 0.15) is 28.4 Å². The summed E-state index contributed by atoms with van der Waals surface area (Å²) in [6, 6.07) is 5.39. The minimum Gasteiger partial charge on any atom is -0.493 e. The number of hydrogen-bond donors (Lipinski definition) is 2. The molecule has 0 radical (unpaired) electrons. The Morgan fingerprint density at radius 2 is 2.36 bits per heavy atom. The second kappa shape index (κ2) is 5.46. The zero-order chi connectivity index (χ0) is 15.7. The summed E-state index contributed by atoms with van der Waals surface area (Å²) in [7, 11) is 1.78. The van der Waals surface area contributed by atoms with E-state index in [4.69, 9.17) is 4.74 Å². The van der Waals surface area contributed by atoms with Gasteiger partial charge in [0, 0.05) is 30.8 Å². The fourth-order valence-corrected chi connectivity index (χ4v) is 2.48. The van der Waals surface area contributed by atoms with E-state index in [-0.39, 0.29) is 12.5 Å². The number of benzene rings is 1. The zero-order valence-corrected chi connectivity index (χ0v) is 12.7. The number of rotatable bonds is 4. The molecule has 1 aliphatic heterocycles. The molecule has 1 atom stereocenters. The Morgan fingerprint density at radius 3 is 3.09 bits per heavy atom. The van der Waals surface area contributed by atoms with E-state index >= 15 is 0 Å². The lowest BCUT2D eigenvalue weighted by Gasteiger charge is -2.22. The minimum absolute atomic E-state index is 0.116. The number of amides is 1. The molecule has 1 amide bonds. The minimum atomic E-state index is -1.16. The van der Waals surface area contributed by atoms with Crippen molar-refractivity contribution in [3.05, 3.63) is 47.3 Å². The summed E-state index contributed by atoms with van der Waals surface area (Å²) in [6.45, 7) is 2.43. The summed E-state index contributed by atoms with van der Waals surface area (Å²) < 4.78 is 7.04. The fourth-order valence-electron chi connectivity index (χ4n) is 2.48. The molecule has 6 nitrogen and oxygen atoms in total. The van der Waals surface area contributed by atoms with Crippen molar-refractivity contribution in [2.45, 2.75) is 18.9 Å². The molecule has 0 bridgehead atoms. The molecule has 2 aromatic rings. The van der Waals surface area contributed by atoms with Crippen LogP contribution in [0.5, 0.6) is 5.75 Å². The highest BCUT2D eigenvalue weighted by atomic mass is 16.5. The summed E-state index contributed by atoms with van der Waals surface area (Å²) >= 11 is 0. The van der Waals surface area contributed by atoms with E-state index in [0.29, 0.717) is 17.7 Å². The number of nitrogens with one attached hydrogen (secondary N) is 1. The molecule has 22 heavy (non-hydrogen) atoms. The highest BCUT2D eigenvalue weighted by Crippen LogP contribution is 2.26. The number of nitrogens with zero attached hydrogens (tertiary/aromatic N) is 2. The third-order valence-corrected chi connectivity index (χ3v) is 3.87. The third-order valence-electron chi connectivity index (χ3n) is 3.87. The molecule has 1 unspecified atom stereocenters. The number of carbonyl (C=O) groups excluding carboxylic acids is 1. The van der Waals surface area contributed by atoms with Crippen molar-refractivity contribution in [2.24, 2.45) is 7.05 Å². The third kappa shape index (κ3) is 2.82. The van der Waals surface area contributed by atoms with E-state index in [1.165, 1.54) is 0 Å². The van der Waals surface area contributed by atoms with Gasteiger partial charge in [-0.3, -0.25) is 9.48 Å². The maximum Gasteiger partial charge on any atom is 0.251 e. The standard InChI is InChI=1S/C16H19N3O3/c1-16(21,13-8-18-19(2)9-13)10-17-15(20)12-3-4-14-11(7-12)5-6-22-14/h3-4,7-9,21H,5-6,10H2,1-2H3,(H,17,20). The van der Waals surface area contributed by atoms with Crippen molar-refractivity contribution in [3.63, 3.8) is 0 Å². The zero-order valence-electron chi connectivity index (χ0n) is 12.7. The number of ether oxygens (including phenoxy) is 1. The summed E-state index contributed by atoms with van der Waals surface area (Å²) in [5, 5.41) is 17.3.